The Morgan fingerprint density at radius 2 is 2.16 bits per heavy atom. The molecule has 0 amide bonds. The quantitative estimate of drug-likeness (QED) is 0.865. The molecule has 7 nitrogen and oxygen atoms in total. The van der Waals surface area contributed by atoms with Crippen LogP contribution in [0.25, 0.3) is 5.65 Å². The van der Waals surface area contributed by atoms with E-state index in [-0.39, 0.29) is 0 Å². The molecular formula is C12H15N5O2. The Bertz CT molecular complexity index is 603. The Kier molecular flexibility index (Phi) is 2.81. The van der Waals surface area contributed by atoms with E-state index in [4.69, 9.17) is 0 Å². The zero-order valence-corrected chi connectivity index (χ0v) is 10.4. The van der Waals surface area contributed by atoms with Crippen molar-refractivity contribution >= 4 is 17.4 Å². The molecule has 2 heterocycles. The van der Waals surface area contributed by atoms with Gasteiger partial charge >= 0.3 is 5.97 Å². The van der Waals surface area contributed by atoms with Gasteiger partial charge in [-0.3, -0.25) is 4.40 Å². The predicted octanol–water partition coefficient (Wildman–Crippen LogP) is 1.32. The second-order valence-electron chi connectivity index (χ2n) is 4.91. The van der Waals surface area contributed by atoms with Crippen molar-refractivity contribution in [2.45, 2.75) is 37.6 Å². The van der Waals surface area contributed by atoms with Gasteiger partial charge in [-0.2, -0.15) is 0 Å². The van der Waals surface area contributed by atoms with Gasteiger partial charge in [0.15, 0.2) is 5.82 Å². The lowest BCUT2D eigenvalue weighted by Crippen LogP contribution is -2.48. The third-order valence-electron chi connectivity index (χ3n) is 3.69. The summed E-state index contributed by atoms with van der Waals surface area (Å²) in [6.45, 7) is 0. The maximum Gasteiger partial charge on any atom is 0.329 e. The molecule has 3 rings (SSSR count). The monoisotopic (exact) mass is 261 g/mol. The molecule has 2 aromatic heterocycles. The molecule has 19 heavy (non-hydrogen) atoms. The topological polar surface area (TPSA) is 92.4 Å². The summed E-state index contributed by atoms with van der Waals surface area (Å²) in [4.78, 5) is 15.8. The van der Waals surface area contributed by atoms with Crippen molar-refractivity contribution in [2.24, 2.45) is 0 Å². The van der Waals surface area contributed by atoms with Gasteiger partial charge in [0.1, 0.15) is 11.9 Å². The summed E-state index contributed by atoms with van der Waals surface area (Å²) in [6.07, 6.45) is 9.03. The fraction of sp³-hybridized carbons (Fsp3) is 0.500. The molecule has 100 valence electrons. The highest BCUT2D eigenvalue weighted by Gasteiger charge is 2.40. The average Bonchev–Trinajstić information content (AvgIpc) is 2.89. The number of fused-ring (bicyclic) bond motifs is 1. The van der Waals surface area contributed by atoms with E-state index in [1.54, 1.807) is 23.1 Å². The van der Waals surface area contributed by atoms with Crippen LogP contribution in [0.1, 0.15) is 32.1 Å². The van der Waals surface area contributed by atoms with Crippen LogP contribution in [-0.2, 0) is 4.79 Å². The van der Waals surface area contributed by atoms with Crippen LogP contribution in [-0.4, -0.2) is 36.2 Å². The van der Waals surface area contributed by atoms with Crippen molar-refractivity contribution in [3.8, 4) is 0 Å². The minimum Gasteiger partial charge on any atom is -0.480 e. The average molecular weight is 261 g/mol. The number of hydrogen-bond acceptors (Lipinski definition) is 5. The van der Waals surface area contributed by atoms with E-state index in [0.717, 1.165) is 19.3 Å². The van der Waals surface area contributed by atoms with Crippen LogP contribution >= 0.6 is 0 Å². The molecule has 0 aromatic carbocycles. The molecule has 7 heteroatoms. The first-order valence-electron chi connectivity index (χ1n) is 6.37. The SMILES string of the molecule is O=C(O)C1(Nc2nccn3cnnc23)CCCCC1. The fourth-order valence-corrected chi connectivity index (χ4v) is 2.62. The fourth-order valence-electron chi connectivity index (χ4n) is 2.62. The number of aliphatic carboxylic acids is 1. The third-order valence-corrected chi connectivity index (χ3v) is 3.69. The first-order valence-corrected chi connectivity index (χ1v) is 6.37. The molecule has 0 atom stereocenters. The first kappa shape index (κ1) is 11.9. The van der Waals surface area contributed by atoms with Crippen molar-refractivity contribution in [2.75, 3.05) is 5.32 Å². The van der Waals surface area contributed by atoms with Crippen LogP contribution in [0.2, 0.25) is 0 Å². The summed E-state index contributed by atoms with van der Waals surface area (Å²) in [6, 6.07) is 0. The highest BCUT2D eigenvalue weighted by atomic mass is 16.4. The summed E-state index contributed by atoms with van der Waals surface area (Å²) in [7, 11) is 0. The molecule has 0 unspecified atom stereocenters. The first-order chi connectivity index (χ1) is 9.21. The lowest BCUT2D eigenvalue weighted by molar-refractivity contribution is -0.143. The molecule has 1 aliphatic rings. The molecule has 0 spiro atoms. The maximum absolute atomic E-state index is 11.6. The number of anilines is 1. The van der Waals surface area contributed by atoms with E-state index in [9.17, 15) is 9.90 Å². The number of carboxylic acid groups (broad SMARTS) is 1. The number of aromatic nitrogens is 4. The summed E-state index contributed by atoms with van der Waals surface area (Å²) >= 11 is 0. The van der Waals surface area contributed by atoms with E-state index < -0.39 is 11.5 Å². The largest absolute Gasteiger partial charge is 0.480 e. The molecule has 0 aliphatic heterocycles. The zero-order chi connectivity index (χ0) is 13.3. The Hall–Kier alpha value is -2.18. The molecule has 0 radical (unpaired) electrons. The predicted molar refractivity (Wildman–Crippen MR) is 67.9 cm³/mol. The second kappa shape index (κ2) is 4.49. The number of nitrogens with zero attached hydrogens (tertiary/aromatic N) is 4. The summed E-state index contributed by atoms with van der Waals surface area (Å²) in [5, 5.41) is 20.4. The number of rotatable bonds is 3. The molecule has 1 aliphatic carbocycles. The molecule has 2 N–H and O–H groups in total. The van der Waals surface area contributed by atoms with Gasteiger partial charge in [-0.25, -0.2) is 9.78 Å². The normalized spacial score (nSPS) is 18.3. The molecule has 0 saturated heterocycles. The van der Waals surface area contributed by atoms with Crippen molar-refractivity contribution in [3.05, 3.63) is 18.7 Å². The Morgan fingerprint density at radius 3 is 2.89 bits per heavy atom. The molecule has 2 aromatic rings. The van der Waals surface area contributed by atoms with Gasteiger partial charge in [0.25, 0.3) is 0 Å². The number of carboxylic acids is 1. The van der Waals surface area contributed by atoms with Crippen LogP contribution < -0.4 is 5.32 Å². The van der Waals surface area contributed by atoms with Gasteiger partial charge < -0.3 is 10.4 Å². The van der Waals surface area contributed by atoms with Crippen LogP contribution in [0.5, 0.6) is 0 Å². The highest BCUT2D eigenvalue weighted by molar-refractivity contribution is 5.84. The Balaban J connectivity index is 1.98. The lowest BCUT2D eigenvalue weighted by Gasteiger charge is -2.34. The van der Waals surface area contributed by atoms with Crippen molar-refractivity contribution in [3.63, 3.8) is 0 Å². The van der Waals surface area contributed by atoms with Crippen LogP contribution in [0.3, 0.4) is 0 Å². The summed E-state index contributed by atoms with van der Waals surface area (Å²) in [5.41, 5.74) is -0.382. The van der Waals surface area contributed by atoms with E-state index in [1.807, 2.05) is 0 Å². The minimum absolute atomic E-state index is 0.476. The zero-order valence-electron chi connectivity index (χ0n) is 10.4. The number of nitrogens with one attached hydrogen (secondary N) is 1. The van der Waals surface area contributed by atoms with E-state index >= 15 is 0 Å². The smallest absolute Gasteiger partial charge is 0.329 e. The van der Waals surface area contributed by atoms with Gasteiger partial charge in [0, 0.05) is 12.4 Å². The summed E-state index contributed by atoms with van der Waals surface area (Å²) in [5.74, 6) is -0.347. The van der Waals surface area contributed by atoms with E-state index in [0.29, 0.717) is 24.3 Å². The van der Waals surface area contributed by atoms with Gasteiger partial charge in [-0.15, -0.1) is 10.2 Å². The van der Waals surface area contributed by atoms with Gasteiger partial charge in [0.2, 0.25) is 5.65 Å². The number of hydrogen-bond donors (Lipinski definition) is 2. The minimum atomic E-state index is -0.932. The Labute approximate surface area is 109 Å². The molecule has 1 saturated carbocycles. The van der Waals surface area contributed by atoms with E-state index in [2.05, 4.69) is 20.5 Å². The maximum atomic E-state index is 11.6. The highest BCUT2D eigenvalue weighted by Crippen LogP contribution is 2.32. The lowest BCUT2D eigenvalue weighted by atomic mass is 9.81. The van der Waals surface area contributed by atoms with E-state index in [1.165, 1.54) is 0 Å². The van der Waals surface area contributed by atoms with Gasteiger partial charge in [-0.1, -0.05) is 19.3 Å². The summed E-state index contributed by atoms with van der Waals surface area (Å²) < 4.78 is 1.72. The van der Waals surface area contributed by atoms with Crippen LogP contribution in [0, 0.1) is 0 Å². The number of carbonyl (C=O) groups is 1. The van der Waals surface area contributed by atoms with Crippen molar-refractivity contribution in [1.29, 1.82) is 0 Å². The Morgan fingerprint density at radius 1 is 1.37 bits per heavy atom. The second-order valence-corrected chi connectivity index (χ2v) is 4.91. The van der Waals surface area contributed by atoms with Crippen LogP contribution in [0.4, 0.5) is 5.82 Å². The molecule has 0 bridgehead atoms. The van der Waals surface area contributed by atoms with Crippen LogP contribution in [0.15, 0.2) is 18.7 Å². The standard InChI is InChI=1S/C12H15N5O2/c18-11(19)12(4-2-1-3-5-12)15-9-10-16-14-8-17(10)7-6-13-9/h6-8H,1-5H2,(H,13,15)(H,18,19). The molecular weight excluding hydrogens is 246 g/mol. The van der Waals surface area contributed by atoms with Gasteiger partial charge in [-0.05, 0) is 12.8 Å². The van der Waals surface area contributed by atoms with Crippen molar-refractivity contribution < 1.29 is 9.90 Å². The van der Waals surface area contributed by atoms with Gasteiger partial charge in [0.05, 0.1) is 0 Å². The molecule has 1 fully saturated rings. The third kappa shape index (κ3) is 2.00. The van der Waals surface area contributed by atoms with Crippen molar-refractivity contribution in [1.82, 2.24) is 19.6 Å².